The smallest absolute Gasteiger partial charge is 0.128 e. The molecule has 1 aromatic rings. The molecule has 0 spiro atoms. The minimum absolute atomic E-state index is 0.902. The quantitative estimate of drug-likeness (QED) is 0.770. The zero-order chi connectivity index (χ0) is 10.4. The maximum atomic E-state index is 4.39. The lowest BCUT2D eigenvalue weighted by molar-refractivity contribution is 0.724. The second kappa shape index (κ2) is 5.60. The largest absolute Gasteiger partial charge is 0.360 e. The van der Waals surface area contributed by atoms with Crippen LogP contribution in [-0.4, -0.2) is 25.1 Å². The fourth-order valence-corrected chi connectivity index (χ4v) is 1.18. The highest BCUT2D eigenvalue weighted by atomic mass is 15.1. The Kier molecular flexibility index (Phi) is 4.40. The molecule has 0 fully saturated rings. The van der Waals surface area contributed by atoms with Crippen LogP contribution in [0.25, 0.3) is 0 Å². The maximum Gasteiger partial charge on any atom is 0.128 e. The van der Waals surface area contributed by atoms with Gasteiger partial charge in [0.25, 0.3) is 0 Å². The third-order valence-corrected chi connectivity index (χ3v) is 2.25. The average molecular weight is 193 g/mol. The van der Waals surface area contributed by atoms with Gasteiger partial charge in [0.2, 0.25) is 0 Å². The van der Waals surface area contributed by atoms with Crippen molar-refractivity contribution < 1.29 is 0 Å². The van der Waals surface area contributed by atoms with Gasteiger partial charge < -0.3 is 10.2 Å². The van der Waals surface area contributed by atoms with E-state index in [0.717, 1.165) is 25.5 Å². The number of anilines is 1. The molecule has 0 aliphatic rings. The van der Waals surface area contributed by atoms with Gasteiger partial charge in [-0.2, -0.15) is 0 Å². The van der Waals surface area contributed by atoms with Crippen LogP contribution < -0.4 is 10.2 Å². The minimum Gasteiger partial charge on any atom is -0.360 e. The lowest BCUT2D eigenvalue weighted by atomic mass is 10.3. The lowest BCUT2D eigenvalue weighted by Gasteiger charge is -2.15. The molecule has 0 aliphatic heterocycles. The SMILES string of the molecule is CCNCc1ccc(N(C)CC)nc1. The summed E-state index contributed by atoms with van der Waals surface area (Å²) >= 11 is 0. The predicted octanol–water partition coefficient (Wildman–Crippen LogP) is 1.65. The summed E-state index contributed by atoms with van der Waals surface area (Å²) in [4.78, 5) is 6.51. The monoisotopic (exact) mass is 193 g/mol. The minimum atomic E-state index is 0.902. The zero-order valence-corrected chi connectivity index (χ0v) is 9.25. The summed E-state index contributed by atoms with van der Waals surface area (Å²) < 4.78 is 0. The van der Waals surface area contributed by atoms with Crippen LogP contribution in [0.3, 0.4) is 0 Å². The van der Waals surface area contributed by atoms with E-state index in [1.165, 1.54) is 5.56 Å². The van der Waals surface area contributed by atoms with Crippen LogP contribution in [0.4, 0.5) is 5.82 Å². The summed E-state index contributed by atoms with van der Waals surface area (Å²) in [5, 5.41) is 3.27. The Bertz CT molecular complexity index is 256. The fraction of sp³-hybridized carbons (Fsp3) is 0.545. The Morgan fingerprint density at radius 2 is 2.14 bits per heavy atom. The van der Waals surface area contributed by atoms with Gasteiger partial charge in [0, 0.05) is 26.3 Å². The van der Waals surface area contributed by atoms with Gasteiger partial charge in [-0.1, -0.05) is 13.0 Å². The summed E-state index contributed by atoms with van der Waals surface area (Å²) in [7, 11) is 2.05. The summed E-state index contributed by atoms with van der Waals surface area (Å²) in [5.41, 5.74) is 1.24. The maximum absolute atomic E-state index is 4.39. The Balaban J connectivity index is 2.59. The molecule has 1 rings (SSSR count). The highest BCUT2D eigenvalue weighted by molar-refractivity contribution is 5.37. The number of nitrogens with one attached hydrogen (secondary N) is 1. The van der Waals surface area contributed by atoms with Gasteiger partial charge in [0.05, 0.1) is 0 Å². The highest BCUT2D eigenvalue weighted by Crippen LogP contribution is 2.08. The summed E-state index contributed by atoms with van der Waals surface area (Å²) in [6.07, 6.45) is 1.93. The van der Waals surface area contributed by atoms with Crippen LogP contribution in [0.2, 0.25) is 0 Å². The first-order valence-corrected chi connectivity index (χ1v) is 5.14. The van der Waals surface area contributed by atoms with Gasteiger partial charge in [-0.3, -0.25) is 0 Å². The van der Waals surface area contributed by atoms with Crippen LogP contribution >= 0.6 is 0 Å². The van der Waals surface area contributed by atoms with Crippen LogP contribution in [-0.2, 0) is 6.54 Å². The van der Waals surface area contributed by atoms with E-state index in [2.05, 4.69) is 41.2 Å². The Hall–Kier alpha value is -1.09. The Morgan fingerprint density at radius 3 is 2.64 bits per heavy atom. The number of pyridine rings is 1. The van der Waals surface area contributed by atoms with Crippen molar-refractivity contribution in [3.05, 3.63) is 23.9 Å². The van der Waals surface area contributed by atoms with E-state index in [9.17, 15) is 0 Å². The molecule has 0 aliphatic carbocycles. The Morgan fingerprint density at radius 1 is 1.36 bits per heavy atom. The van der Waals surface area contributed by atoms with Crippen LogP contribution in [0.15, 0.2) is 18.3 Å². The first kappa shape index (κ1) is 11.0. The third kappa shape index (κ3) is 3.00. The molecule has 0 amide bonds. The molecule has 3 nitrogen and oxygen atoms in total. The van der Waals surface area contributed by atoms with Crippen molar-refractivity contribution in [1.29, 1.82) is 0 Å². The average Bonchev–Trinajstić information content (AvgIpc) is 2.26. The zero-order valence-electron chi connectivity index (χ0n) is 9.25. The van der Waals surface area contributed by atoms with E-state index in [1.807, 2.05) is 13.2 Å². The van der Waals surface area contributed by atoms with Gasteiger partial charge in [-0.05, 0) is 25.1 Å². The molecule has 78 valence electrons. The van der Waals surface area contributed by atoms with Crippen molar-refractivity contribution in [2.24, 2.45) is 0 Å². The van der Waals surface area contributed by atoms with Gasteiger partial charge in [0.1, 0.15) is 5.82 Å². The van der Waals surface area contributed by atoms with E-state index in [-0.39, 0.29) is 0 Å². The standard InChI is InChI=1S/C11H19N3/c1-4-12-8-10-6-7-11(13-9-10)14(3)5-2/h6-7,9,12H,4-5,8H2,1-3H3. The third-order valence-electron chi connectivity index (χ3n) is 2.25. The molecule has 0 unspecified atom stereocenters. The number of aromatic nitrogens is 1. The molecule has 0 saturated carbocycles. The molecule has 0 bridgehead atoms. The van der Waals surface area contributed by atoms with Gasteiger partial charge in [-0.15, -0.1) is 0 Å². The molecule has 1 aromatic heterocycles. The molecule has 1 heterocycles. The second-order valence-corrected chi connectivity index (χ2v) is 3.32. The van der Waals surface area contributed by atoms with Crippen molar-refractivity contribution in [3.8, 4) is 0 Å². The number of hydrogen-bond acceptors (Lipinski definition) is 3. The van der Waals surface area contributed by atoms with E-state index in [1.54, 1.807) is 0 Å². The van der Waals surface area contributed by atoms with E-state index < -0.39 is 0 Å². The van der Waals surface area contributed by atoms with Crippen molar-refractivity contribution in [3.63, 3.8) is 0 Å². The first-order valence-electron chi connectivity index (χ1n) is 5.14. The molecule has 14 heavy (non-hydrogen) atoms. The molecule has 1 N–H and O–H groups in total. The summed E-state index contributed by atoms with van der Waals surface area (Å²) in [6.45, 7) is 7.11. The summed E-state index contributed by atoms with van der Waals surface area (Å²) in [5.74, 6) is 1.03. The van der Waals surface area contributed by atoms with Gasteiger partial charge in [-0.25, -0.2) is 4.98 Å². The second-order valence-electron chi connectivity index (χ2n) is 3.32. The fourth-order valence-electron chi connectivity index (χ4n) is 1.18. The van der Waals surface area contributed by atoms with Crippen LogP contribution in [0.1, 0.15) is 19.4 Å². The van der Waals surface area contributed by atoms with Crippen molar-refractivity contribution >= 4 is 5.82 Å². The first-order chi connectivity index (χ1) is 6.77. The summed E-state index contributed by atoms with van der Waals surface area (Å²) in [6, 6.07) is 4.19. The number of rotatable bonds is 5. The van der Waals surface area contributed by atoms with E-state index >= 15 is 0 Å². The van der Waals surface area contributed by atoms with E-state index in [4.69, 9.17) is 0 Å². The Labute approximate surface area is 86.2 Å². The number of hydrogen-bond donors (Lipinski definition) is 1. The molecular weight excluding hydrogens is 174 g/mol. The lowest BCUT2D eigenvalue weighted by Crippen LogP contribution is -2.17. The van der Waals surface area contributed by atoms with Crippen LogP contribution in [0.5, 0.6) is 0 Å². The molecule has 3 heteroatoms. The molecule has 0 saturated heterocycles. The molecule has 0 atom stereocenters. The highest BCUT2D eigenvalue weighted by Gasteiger charge is 1.98. The van der Waals surface area contributed by atoms with Crippen molar-refractivity contribution in [2.75, 3.05) is 25.0 Å². The number of nitrogens with zero attached hydrogens (tertiary/aromatic N) is 2. The topological polar surface area (TPSA) is 28.2 Å². The van der Waals surface area contributed by atoms with Gasteiger partial charge >= 0.3 is 0 Å². The van der Waals surface area contributed by atoms with Gasteiger partial charge in [0.15, 0.2) is 0 Å². The molecule has 0 radical (unpaired) electrons. The normalized spacial score (nSPS) is 10.2. The van der Waals surface area contributed by atoms with Crippen LogP contribution in [0, 0.1) is 0 Å². The molecular formula is C11H19N3. The predicted molar refractivity (Wildman–Crippen MR) is 60.6 cm³/mol. The van der Waals surface area contributed by atoms with Crippen molar-refractivity contribution in [1.82, 2.24) is 10.3 Å². The van der Waals surface area contributed by atoms with Crippen molar-refractivity contribution in [2.45, 2.75) is 20.4 Å². The van der Waals surface area contributed by atoms with E-state index in [0.29, 0.717) is 0 Å². The molecule has 0 aromatic carbocycles.